The first kappa shape index (κ1) is 13.1. The zero-order valence-electron chi connectivity index (χ0n) is 9.78. The Labute approximate surface area is 108 Å². The smallest absolute Gasteiger partial charge is 0.263 e. The molecule has 1 aromatic carbocycles. The van der Waals surface area contributed by atoms with Crippen LogP contribution >= 0.6 is 0 Å². The molecule has 0 saturated carbocycles. The molecular formula is C14H9F3N2. The van der Waals surface area contributed by atoms with Crippen LogP contribution in [0.3, 0.4) is 0 Å². The molecule has 0 aliphatic rings. The van der Waals surface area contributed by atoms with E-state index in [0.717, 1.165) is 6.20 Å². The van der Waals surface area contributed by atoms with E-state index >= 15 is 0 Å². The standard InChI is InChI=1S/C14H9F3N2/c15-14(16,17)13-9-19-8-12(11(13)6-7-18)10-4-2-1-3-5-10/h1-5,8-9H,6H2. The monoisotopic (exact) mass is 262 g/mol. The number of hydrogen-bond acceptors (Lipinski definition) is 2. The molecule has 0 amide bonds. The fourth-order valence-electron chi connectivity index (χ4n) is 1.87. The van der Waals surface area contributed by atoms with Crippen molar-refractivity contribution >= 4 is 0 Å². The van der Waals surface area contributed by atoms with E-state index in [1.54, 1.807) is 36.4 Å². The fraction of sp³-hybridized carbons (Fsp3) is 0.143. The van der Waals surface area contributed by atoms with Gasteiger partial charge in [-0.3, -0.25) is 4.98 Å². The van der Waals surface area contributed by atoms with Crippen molar-refractivity contribution in [2.75, 3.05) is 0 Å². The Bertz CT molecular complexity index is 613. The van der Waals surface area contributed by atoms with Gasteiger partial charge in [0.2, 0.25) is 0 Å². The first-order valence-corrected chi connectivity index (χ1v) is 5.50. The molecular weight excluding hydrogens is 253 g/mol. The highest BCUT2D eigenvalue weighted by Gasteiger charge is 2.34. The lowest BCUT2D eigenvalue weighted by Gasteiger charge is -2.14. The molecule has 2 aromatic rings. The van der Waals surface area contributed by atoms with E-state index in [2.05, 4.69) is 4.98 Å². The Morgan fingerprint density at radius 1 is 1.11 bits per heavy atom. The summed E-state index contributed by atoms with van der Waals surface area (Å²) in [5, 5.41) is 8.74. The highest BCUT2D eigenvalue weighted by Crippen LogP contribution is 2.36. The number of halogens is 3. The van der Waals surface area contributed by atoms with Crippen LogP contribution in [0.15, 0.2) is 42.7 Å². The lowest BCUT2D eigenvalue weighted by molar-refractivity contribution is -0.138. The molecule has 96 valence electrons. The summed E-state index contributed by atoms with van der Waals surface area (Å²) in [7, 11) is 0. The van der Waals surface area contributed by atoms with Gasteiger partial charge in [-0.1, -0.05) is 30.3 Å². The number of benzene rings is 1. The number of hydrogen-bond donors (Lipinski definition) is 0. The van der Waals surface area contributed by atoms with Gasteiger partial charge < -0.3 is 0 Å². The zero-order chi connectivity index (χ0) is 13.9. The number of nitrogens with zero attached hydrogens (tertiary/aromatic N) is 2. The molecule has 1 aromatic heterocycles. The molecule has 0 aliphatic carbocycles. The summed E-state index contributed by atoms with van der Waals surface area (Å²) < 4.78 is 38.8. The molecule has 0 radical (unpaired) electrons. The van der Waals surface area contributed by atoms with Gasteiger partial charge in [-0.25, -0.2) is 0 Å². The number of nitriles is 1. The molecule has 1 heterocycles. The predicted octanol–water partition coefficient (Wildman–Crippen LogP) is 3.83. The van der Waals surface area contributed by atoms with Crippen molar-refractivity contribution < 1.29 is 13.2 Å². The Hall–Kier alpha value is -2.35. The SMILES string of the molecule is N#CCc1c(-c2ccccc2)cncc1C(F)(F)F. The van der Waals surface area contributed by atoms with Crippen LogP contribution in [0.1, 0.15) is 11.1 Å². The topological polar surface area (TPSA) is 36.7 Å². The largest absolute Gasteiger partial charge is 0.418 e. The third-order valence-corrected chi connectivity index (χ3v) is 2.70. The maximum atomic E-state index is 12.9. The second-order valence-corrected chi connectivity index (χ2v) is 3.91. The lowest BCUT2D eigenvalue weighted by Crippen LogP contribution is -2.11. The highest BCUT2D eigenvalue weighted by atomic mass is 19.4. The third kappa shape index (κ3) is 2.74. The van der Waals surface area contributed by atoms with Crippen molar-refractivity contribution in [3.63, 3.8) is 0 Å². The quantitative estimate of drug-likeness (QED) is 0.824. The fourth-order valence-corrected chi connectivity index (χ4v) is 1.87. The van der Waals surface area contributed by atoms with Crippen molar-refractivity contribution in [2.45, 2.75) is 12.6 Å². The minimum absolute atomic E-state index is 0.0313. The van der Waals surface area contributed by atoms with Crippen LogP contribution in [0, 0.1) is 11.3 Å². The zero-order valence-corrected chi connectivity index (χ0v) is 9.78. The second kappa shape index (κ2) is 5.11. The van der Waals surface area contributed by atoms with Gasteiger partial charge >= 0.3 is 6.18 Å². The molecule has 0 atom stereocenters. The summed E-state index contributed by atoms with van der Waals surface area (Å²) in [5.74, 6) is 0. The van der Waals surface area contributed by atoms with Crippen LogP contribution in [0.4, 0.5) is 13.2 Å². The molecule has 0 fully saturated rings. The summed E-state index contributed by atoms with van der Waals surface area (Å²) in [4.78, 5) is 3.64. The molecule has 0 bridgehead atoms. The molecule has 0 aliphatic heterocycles. The minimum atomic E-state index is -4.51. The number of alkyl halides is 3. The molecule has 2 nitrogen and oxygen atoms in total. The van der Waals surface area contributed by atoms with Crippen molar-refractivity contribution in [1.29, 1.82) is 5.26 Å². The maximum absolute atomic E-state index is 12.9. The Balaban J connectivity index is 2.66. The summed E-state index contributed by atoms with van der Waals surface area (Å²) in [6.07, 6.45) is -2.69. The van der Waals surface area contributed by atoms with Gasteiger partial charge in [0.1, 0.15) is 0 Å². The van der Waals surface area contributed by atoms with Crippen molar-refractivity contribution in [3.05, 3.63) is 53.9 Å². The number of pyridine rings is 1. The number of aromatic nitrogens is 1. The number of rotatable bonds is 2. The molecule has 0 saturated heterocycles. The second-order valence-electron chi connectivity index (χ2n) is 3.91. The van der Waals surface area contributed by atoms with Crippen LogP contribution in [0.2, 0.25) is 0 Å². The maximum Gasteiger partial charge on any atom is 0.418 e. The van der Waals surface area contributed by atoms with E-state index < -0.39 is 11.7 Å². The van der Waals surface area contributed by atoms with E-state index in [0.29, 0.717) is 11.1 Å². The Morgan fingerprint density at radius 2 is 1.79 bits per heavy atom. The molecule has 0 unspecified atom stereocenters. The summed E-state index contributed by atoms with van der Waals surface area (Å²) in [6.45, 7) is 0. The molecule has 2 rings (SSSR count). The van der Waals surface area contributed by atoms with E-state index in [4.69, 9.17) is 5.26 Å². The summed E-state index contributed by atoms with van der Waals surface area (Å²) in [6, 6.07) is 10.4. The summed E-state index contributed by atoms with van der Waals surface area (Å²) >= 11 is 0. The van der Waals surface area contributed by atoms with Crippen LogP contribution in [-0.2, 0) is 12.6 Å². The highest BCUT2D eigenvalue weighted by molar-refractivity contribution is 5.68. The van der Waals surface area contributed by atoms with E-state index in [-0.39, 0.29) is 12.0 Å². The summed E-state index contributed by atoms with van der Waals surface area (Å²) in [5.41, 5.74) is 0.0786. The normalized spacial score (nSPS) is 11.1. The van der Waals surface area contributed by atoms with Gasteiger partial charge in [-0.15, -0.1) is 0 Å². The lowest BCUT2D eigenvalue weighted by atomic mass is 9.96. The predicted molar refractivity (Wildman–Crippen MR) is 64.0 cm³/mol. The first-order valence-electron chi connectivity index (χ1n) is 5.50. The van der Waals surface area contributed by atoms with Gasteiger partial charge in [0, 0.05) is 18.0 Å². The Kier molecular flexibility index (Phi) is 3.52. The van der Waals surface area contributed by atoms with Crippen molar-refractivity contribution in [2.24, 2.45) is 0 Å². The molecule has 0 N–H and O–H groups in total. The van der Waals surface area contributed by atoms with Gasteiger partial charge in [0.25, 0.3) is 0 Å². The average molecular weight is 262 g/mol. The van der Waals surface area contributed by atoms with Crippen LogP contribution in [0.5, 0.6) is 0 Å². The van der Waals surface area contributed by atoms with E-state index in [9.17, 15) is 13.2 Å². The van der Waals surface area contributed by atoms with Crippen LogP contribution in [-0.4, -0.2) is 4.98 Å². The van der Waals surface area contributed by atoms with Crippen molar-refractivity contribution in [3.8, 4) is 17.2 Å². The van der Waals surface area contributed by atoms with Gasteiger partial charge in [0.15, 0.2) is 0 Å². The van der Waals surface area contributed by atoms with Gasteiger partial charge in [-0.2, -0.15) is 18.4 Å². The van der Waals surface area contributed by atoms with E-state index in [1.807, 2.05) is 0 Å². The Morgan fingerprint density at radius 3 is 2.37 bits per heavy atom. The van der Waals surface area contributed by atoms with Crippen LogP contribution in [0.25, 0.3) is 11.1 Å². The molecule has 0 spiro atoms. The molecule has 5 heteroatoms. The first-order chi connectivity index (χ1) is 9.04. The van der Waals surface area contributed by atoms with Crippen molar-refractivity contribution in [1.82, 2.24) is 4.98 Å². The molecule has 19 heavy (non-hydrogen) atoms. The third-order valence-electron chi connectivity index (χ3n) is 2.70. The van der Waals surface area contributed by atoms with Gasteiger partial charge in [0.05, 0.1) is 18.1 Å². The van der Waals surface area contributed by atoms with Crippen LogP contribution < -0.4 is 0 Å². The average Bonchev–Trinajstić information content (AvgIpc) is 2.39. The minimum Gasteiger partial charge on any atom is -0.263 e. The van der Waals surface area contributed by atoms with Gasteiger partial charge in [-0.05, 0) is 11.1 Å². The van der Waals surface area contributed by atoms with E-state index in [1.165, 1.54) is 6.20 Å².